The molecule has 0 aromatic carbocycles. The van der Waals surface area contributed by atoms with Crippen LogP contribution in [0.5, 0.6) is 0 Å². The van der Waals surface area contributed by atoms with Gasteiger partial charge < -0.3 is 5.32 Å². The fourth-order valence-electron chi connectivity index (χ4n) is 2.82. The Morgan fingerprint density at radius 1 is 1.19 bits per heavy atom. The highest BCUT2D eigenvalue weighted by atomic mass is 15.2. The Balaban J connectivity index is 1.76. The van der Waals surface area contributed by atoms with Crippen LogP contribution in [0.3, 0.4) is 0 Å². The number of aromatic nitrogens is 1. The quantitative estimate of drug-likeness (QED) is 0.800. The molecule has 1 aliphatic heterocycles. The van der Waals surface area contributed by atoms with Gasteiger partial charge in [0, 0.05) is 45.1 Å². The standard InChI is InChI=1S/C13H19N3/c1-2-11-8-15-9-12(13(11)3-1)10-16-6-4-14-5-7-16/h8-9,14H,1-7,10H2. The number of nitrogens with one attached hydrogen (secondary N) is 1. The molecule has 0 amide bonds. The molecule has 2 heterocycles. The van der Waals surface area contributed by atoms with Crippen molar-refractivity contribution >= 4 is 0 Å². The van der Waals surface area contributed by atoms with E-state index in [-0.39, 0.29) is 0 Å². The number of hydrogen-bond donors (Lipinski definition) is 1. The zero-order chi connectivity index (χ0) is 10.8. The molecule has 3 rings (SSSR count). The molecule has 0 atom stereocenters. The van der Waals surface area contributed by atoms with Crippen LogP contribution in [-0.4, -0.2) is 36.1 Å². The summed E-state index contributed by atoms with van der Waals surface area (Å²) in [5.41, 5.74) is 4.55. The molecule has 0 bridgehead atoms. The second kappa shape index (κ2) is 4.52. The van der Waals surface area contributed by atoms with E-state index < -0.39 is 0 Å². The highest BCUT2D eigenvalue weighted by molar-refractivity contribution is 5.35. The fourth-order valence-corrected chi connectivity index (χ4v) is 2.82. The van der Waals surface area contributed by atoms with Crippen molar-refractivity contribution in [2.45, 2.75) is 25.8 Å². The lowest BCUT2D eigenvalue weighted by atomic mass is 10.1. The number of rotatable bonds is 2. The van der Waals surface area contributed by atoms with Crippen molar-refractivity contribution in [3.05, 3.63) is 29.1 Å². The first-order chi connectivity index (χ1) is 7.93. The van der Waals surface area contributed by atoms with Crippen LogP contribution in [0.25, 0.3) is 0 Å². The lowest BCUT2D eigenvalue weighted by Crippen LogP contribution is -2.43. The Morgan fingerprint density at radius 2 is 2.06 bits per heavy atom. The van der Waals surface area contributed by atoms with Crippen LogP contribution >= 0.6 is 0 Å². The van der Waals surface area contributed by atoms with Gasteiger partial charge in [-0.15, -0.1) is 0 Å². The number of nitrogens with zero attached hydrogens (tertiary/aromatic N) is 2. The van der Waals surface area contributed by atoms with E-state index in [1.54, 1.807) is 5.56 Å². The molecular weight excluding hydrogens is 198 g/mol. The normalized spacial score (nSPS) is 21.0. The van der Waals surface area contributed by atoms with Gasteiger partial charge in [0.15, 0.2) is 0 Å². The predicted octanol–water partition coefficient (Wildman–Crippen LogP) is 0.975. The van der Waals surface area contributed by atoms with Crippen LogP contribution in [0.4, 0.5) is 0 Å². The molecule has 86 valence electrons. The first-order valence-corrected chi connectivity index (χ1v) is 6.31. The predicted molar refractivity (Wildman–Crippen MR) is 64.4 cm³/mol. The van der Waals surface area contributed by atoms with Gasteiger partial charge in [0.1, 0.15) is 0 Å². The third kappa shape index (κ3) is 1.97. The van der Waals surface area contributed by atoms with E-state index >= 15 is 0 Å². The number of pyridine rings is 1. The number of fused-ring (bicyclic) bond motifs is 1. The van der Waals surface area contributed by atoms with Crippen molar-refractivity contribution in [3.63, 3.8) is 0 Å². The van der Waals surface area contributed by atoms with Crippen LogP contribution < -0.4 is 5.32 Å². The zero-order valence-electron chi connectivity index (χ0n) is 9.71. The summed E-state index contributed by atoms with van der Waals surface area (Å²) in [5.74, 6) is 0. The summed E-state index contributed by atoms with van der Waals surface area (Å²) in [4.78, 5) is 6.91. The van der Waals surface area contributed by atoms with Crippen LogP contribution in [0, 0.1) is 0 Å². The molecule has 16 heavy (non-hydrogen) atoms. The average Bonchev–Trinajstić information content (AvgIpc) is 2.80. The molecule has 0 unspecified atom stereocenters. The van der Waals surface area contributed by atoms with E-state index in [2.05, 4.69) is 27.6 Å². The molecule has 1 aromatic rings. The topological polar surface area (TPSA) is 28.2 Å². The van der Waals surface area contributed by atoms with E-state index in [0.29, 0.717) is 0 Å². The summed E-state index contributed by atoms with van der Waals surface area (Å²) in [6.07, 6.45) is 7.95. The van der Waals surface area contributed by atoms with Gasteiger partial charge in [-0.1, -0.05) is 0 Å². The minimum Gasteiger partial charge on any atom is -0.314 e. The number of hydrogen-bond acceptors (Lipinski definition) is 3. The summed E-state index contributed by atoms with van der Waals surface area (Å²) in [6, 6.07) is 0. The van der Waals surface area contributed by atoms with E-state index in [0.717, 1.165) is 19.6 Å². The van der Waals surface area contributed by atoms with E-state index in [1.165, 1.54) is 43.5 Å². The summed E-state index contributed by atoms with van der Waals surface area (Å²) >= 11 is 0. The molecular formula is C13H19N3. The summed E-state index contributed by atoms with van der Waals surface area (Å²) < 4.78 is 0. The van der Waals surface area contributed by atoms with E-state index in [4.69, 9.17) is 0 Å². The largest absolute Gasteiger partial charge is 0.314 e. The Morgan fingerprint density at radius 3 is 2.94 bits per heavy atom. The van der Waals surface area contributed by atoms with Crippen LogP contribution in [0.2, 0.25) is 0 Å². The van der Waals surface area contributed by atoms with Gasteiger partial charge in [-0.3, -0.25) is 9.88 Å². The summed E-state index contributed by atoms with van der Waals surface area (Å²) in [6.45, 7) is 5.69. The maximum atomic E-state index is 4.38. The molecule has 1 aliphatic carbocycles. The third-order valence-corrected chi connectivity index (χ3v) is 3.71. The molecule has 0 spiro atoms. The number of piperazine rings is 1. The van der Waals surface area contributed by atoms with Crippen molar-refractivity contribution in [2.24, 2.45) is 0 Å². The molecule has 1 fully saturated rings. The van der Waals surface area contributed by atoms with E-state index in [1.807, 2.05) is 0 Å². The maximum Gasteiger partial charge on any atom is 0.0315 e. The number of aryl methyl sites for hydroxylation is 1. The van der Waals surface area contributed by atoms with E-state index in [9.17, 15) is 0 Å². The van der Waals surface area contributed by atoms with Crippen molar-refractivity contribution in [1.82, 2.24) is 15.2 Å². The van der Waals surface area contributed by atoms with Gasteiger partial charge in [0.2, 0.25) is 0 Å². The first-order valence-electron chi connectivity index (χ1n) is 6.31. The Bertz CT molecular complexity index is 369. The summed E-state index contributed by atoms with van der Waals surface area (Å²) in [7, 11) is 0. The molecule has 0 radical (unpaired) electrons. The van der Waals surface area contributed by atoms with Gasteiger partial charge in [0.05, 0.1) is 0 Å². The highest BCUT2D eigenvalue weighted by Crippen LogP contribution is 2.25. The second-order valence-corrected chi connectivity index (χ2v) is 4.82. The minimum atomic E-state index is 1.10. The Hall–Kier alpha value is -0.930. The van der Waals surface area contributed by atoms with Crippen LogP contribution in [-0.2, 0) is 19.4 Å². The molecule has 1 N–H and O–H groups in total. The highest BCUT2D eigenvalue weighted by Gasteiger charge is 2.17. The van der Waals surface area contributed by atoms with Gasteiger partial charge in [-0.05, 0) is 36.0 Å². The fraction of sp³-hybridized carbons (Fsp3) is 0.615. The lowest BCUT2D eigenvalue weighted by Gasteiger charge is -2.27. The van der Waals surface area contributed by atoms with Crippen molar-refractivity contribution in [1.29, 1.82) is 0 Å². The molecule has 3 heteroatoms. The summed E-state index contributed by atoms with van der Waals surface area (Å²) in [5, 5.41) is 3.40. The monoisotopic (exact) mass is 217 g/mol. The molecule has 1 saturated heterocycles. The second-order valence-electron chi connectivity index (χ2n) is 4.82. The minimum absolute atomic E-state index is 1.10. The van der Waals surface area contributed by atoms with Crippen molar-refractivity contribution in [3.8, 4) is 0 Å². The molecule has 1 aromatic heterocycles. The van der Waals surface area contributed by atoms with Crippen molar-refractivity contribution in [2.75, 3.05) is 26.2 Å². The average molecular weight is 217 g/mol. The van der Waals surface area contributed by atoms with Crippen LogP contribution in [0.1, 0.15) is 23.1 Å². The Labute approximate surface area is 96.9 Å². The van der Waals surface area contributed by atoms with Gasteiger partial charge >= 0.3 is 0 Å². The molecule has 3 nitrogen and oxygen atoms in total. The van der Waals surface area contributed by atoms with Gasteiger partial charge in [-0.25, -0.2) is 0 Å². The third-order valence-electron chi connectivity index (χ3n) is 3.71. The van der Waals surface area contributed by atoms with Gasteiger partial charge in [0.25, 0.3) is 0 Å². The van der Waals surface area contributed by atoms with Crippen molar-refractivity contribution < 1.29 is 0 Å². The zero-order valence-corrected chi connectivity index (χ0v) is 9.71. The lowest BCUT2D eigenvalue weighted by molar-refractivity contribution is 0.232. The SMILES string of the molecule is c1ncc(CN2CCNCC2)c2c1CCC2. The van der Waals surface area contributed by atoms with Crippen LogP contribution in [0.15, 0.2) is 12.4 Å². The first kappa shape index (κ1) is 10.2. The molecule has 2 aliphatic rings. The Kier molecular flexibility index (Phi) is 2.89. The smallest absolute Gasteiger partial charge is 0.0315 e. The van der Waals surface area contributed by atoms with Gasteiger partial charge in [-0.2, -0.15) is 0 Å². The molecule has 0 saturated carbocycles. The maximum absolute atomic E-state index is 4.38.